The number of aromatic nitrogens is 1. The first-order valence-corrected chi connectivity index (χ1v) is 7.57. The number of nitrogens with one attached hydrogen (secondary N) is 1. The van der Waals surface area contributed by atoms with Gasteiger partial charge in [-0.05, 0) is 47.4 Å². The summed E-state index contributed by atoms with van der Waals surface area (Å²) >= 11 is 3.41. The van der Waals surface area contributed by atoms with Gasteiger partial charge in [0.2, 0.25) is 0 Å². The largest absolute Gasteiger partial charge is 0.376 e. The van der Waals surface area contributed by atoms with Crippen LogP contribution in [-0.4, -0.2) is 30.8 Å². The fourth-order valence-electron chi connectivity index (χ4n) is 2.26. The molecule has 0 spiro atoms. The van der Waals surface area contributed by atoms with Crippen molar-refractivity contribution in [3.8, 4) is 0 Å². The third kappa shape index (κ3) is 5.21. The summed E-state index contributed by atoms with van der Waals surface area (Å²) in [5, 5.41) is 3.38. The number of ether oxygens (including phenoxy) is 1. The second-order valence-electron chi connectivity index (χ2n) is 5.81. The summed E-state index contributed by atoms with van der Waals surface area (Å²) in [7, 11) is 1.99. The van der Waals surface area contributed by atoms with Gasteiger partial charge in [-0.1, -0.05) is 20.8 Å². The van der Waals surface area contributed by atoms with E-state index in [0.717, 1.165) is 23.2 Å². The van der Waals surface area contributed by atoms with E-state index in [9.17, 15) is 0 Å². The van der Waals surface area contributed by atoms with Gasteiger partial charge in [0.25, 0.3) is 0 Å². The number of likely N-dealkylation sites (N-methyl/N-ethyl adjacent to an activating group) is 1. The molecule has 1 aromatic heterocycles. The minimum Gasteiger partial charge on any atom is -0.376 e. The van der Waals surface area contributed by atoms with Gasteiger partial charge in [-0.25, -0.2) is 0 Å². The van der Waals surface area contributed by atoms with Gasteiger partial charge in [-0.2, -0.15) is 0 Å². The van der Waals surface area contributed by atoms with Crippen molar-refractivity contribution in [1.82, 2.24) is 10.3 Å². The highest BCUT2D eigenvalue weighted by Gasteiger charge is 2.32. The first-order valence-electron chi connectivity index (χ1n) is 6.77. The maximum absolute atomic E-state index is 5.96. The first kappa shape index (κ1) is 16.6. The minimum atomic E-state index is 0.0963. The van der Waals surface area contributed by atoms with Crippen molar-refractivity contribution in [2.75, 3.05) is 13.7 Å². The molecule has 108 valence electrons. The van der Waals surface area contributed by atoms with Gasteiger partial charge in [-0.3, -0.25) is 4.98 Å². The standard InChI is InChI=1S/C15H25BrN2O/c1-6-19-14(15(2,3)4)13(17-5)9-12-8-7-11(16)10-18-12/h7-8,10,13-14,17H,6,9H2,1-5H3. The Hall–Kier alpha value is -0.450. The molecule has 0 radical (unpaired) electrons. The van der Waals surface area contributed by atoms with Crippen LogP contribution in [0.3, 0.4) is 0 Å². The first-order chi connectivity index (χ1) is 8.88. The van der Waals surface area contributed by atoms with Crippen molar-refractivity contribution in [1.29, 1.82) is 0 Å². The molecule has 0 aliphatic rings. The number of halogens is 1. The van der Waals surface area contributed by atoms with E-state index in [1.165, 1.54) is 0 Å². The molecule has 2 unspecified atom stereocenters. The smallest absolute Gasteiger partial charge is 0.0779 e. The second kappa shape index (κ2) is 7.36. The molecule has 0 aromatic carbocycles. The number of pyridine rings is 1. The molecule has 0 aliphatic carbocycles. The predicted molar refractivity (Wildman–Crippen MR) is 83.4 cm³/mol. The SMILES string of the molecule is CCOC(C(Cc1ccc(Br)cn1)NC)C(C)(C)C. The molecular weight excluding hydrogens is 304 g/mol. The van der Waals surface area contributed by atoms with Gasteiger partial charge in [0, 0.05) is 35.4 Å². The zero-order chi connectivity index (χ0) is 14.5. The van der Waals surface area contributed by atoms with E-state index in [0.29, 0.717) is 0 Å². The van der Waals surface area contributed by atoms with E-state index in [1.54, 1.807) is 0 Å². The lowest BCUT2D eigenvalue weighted by Crippen LogP contribution is -2.48. The molecule has 0 amide bonds. The van der Waals surface area contributed by atoms with Crippen molar-refractivity contribution >= 4 is 15.9 Å². The summed E-state index contributed by atoms with van der Waals surface area (Å²) in [4.78, 5) is 4.45. The monoisotopic (exact) mass is 328 g/mol. The summed E-state index contributed by atoms with van der Waals surface area (Å²) in [6, 6.07) is 4.34. The fraction of sp³-hybridized carbons (Fsp3) is 0.667. The molecule has 2 atom stereocenters. The highest BCUT2D eigenvalue weighted by Crippen LogP contribution is 2.26. The Morgan fingerprint density at radius 2 is 2.05 bits per heavy atom. The van der Waals surface area contributed by atoms with Crippen LogP contribution >= 0.6 is 15.9 Å². The Morgan fingerprint density at radius 3 is 2.47 bits per heavy atom. The molecule has 1 N–H and O–H groups in total. The molecule has 0 saturated carbocycles. The van der Waals surface area contributed by atoms with Gasteiger partial charge in [0.05, 0.1) is 6.10 Å². The third-order valence-corrected chi connectivity index (χ3v) is 3.62. The van der Waals surface area contributed by atoms with Crippen LogP contribution in [0, 0.1) is 5.41 Å². The van der Waals surface area contributed by atoms with Crippen LogP contribution in [0.2, 0.25) is 0 Å². The van der Waals surface area contributed by atoms with E-state index in [2.05, 4.69) is 53.1 Å². The van der Waals surface area contributed by atoms with Crippen LogP contribution in [0.4, 0.5) is 0 Å². The van der Waals surface area contributed by atoms with Gasteiger partial charge in [0.15, 0.2) is 0 Å². The summed E-state index contributed by atoms with van der Waals surface area (Å²) in [6.45, 7) is 9.42. The second-order valence-corrected chi connectivity index (χ2v) is 6.72. The topological polar surface area (TPSA) is 34.1 Å². The molecule has 19 heavy (non-hydrogen) atoms. The molecule has 0 aliphatic heterocycles. The van der Waals surface area contributed by atoms with Crippen molar-refractivity contribution in [3.63, 3.8) is 0 Å². The molecule has 0 bridgehead atoms. The van der Waals surface area contributed by atoms with Crippen molar-refractivity contribution in [2.45, 2.75) is 46.3 Å². The van der Waals surface area contributed by atoms with Crippen molar-refractivity contribution < 1.29 is 4.74 Å². The summed E-state index contributed by atoms with van der Waals surface area (Å²) in [5.41, 5.74) is 1.18. The molecule has 4 heteroatoms. The van der Waals surface area contributed by atoms with Gasteiger partial charge in [-0.15, -0.1) is 0 Å². The summed E-state index contributed by atoms with van der Waals surface area (Å²) in [5.74, 6) is 0. The molecule has 1 rings (SSSR count). The van der Waals surface area contributed by atoms with Gasteiger partial charge < -0.3 is 10.1 Å². The van der Waals surface area contributed by atoms with E-state index in [-0.39, 0.29) is 17.6 Å². The number of rotatable bonds is 6. The maximum atomic E-state index is 5.96. The van der Waals surface area contributed by atoms with Crippen LogP contribution < -0.4 is 5.32 Å². The summed E-state index contributed by atoms with van der Waals surface area (Å²) < 4.78 is 6.96. The van der Waals surface area contributed by atoms with Gasteiger partial charge in [0.1, 0.15) is 0 Å². The number of hydrogen-bond acceptors (Lipinski definition) is 3. The van der Waals surface area contributed by atoms with E-state index >= 15 is 0 Å². The van der Waals surface area contributed by atoms with Crippen molar-refractivity contribution in [3.05, 3.63) is 28.5 Å². The van der Waals surface area contributed by atoms with Crippen LogP contribution in [0.15, 0.2) is 22.8 Å². The molecule has 1 heterocycles. The molecule has 0 saturated heterocycles. The lowest BCUT2D eigenvalue weighted by atomic mass is 9.83. The summed E-state index contributed by atoms with van der Waals surface area (Å²) in [6.07, 6.45) is 2.87. The Balaban J connectivity index is 2.82. The number of nitrogens with zero attached hydrogens (tertiary/aromatic N) is 1. The number of hydrogen-bond donors (Lipinski definition) is 1. The highest BCUT2D eigenvalue weighted by atomic mass is 79.9. The lowest BCUT2D eigenvalue weighted by molar-refractivity contribution is -0.0342. The minimum absolute atomic E-state index is 0.0963. The molecule has 3 nitrogen and oxygen atoms in total. The Bertz CT molecular complexity index is 373. The zero-order valence-corrected chi connectivity index (χ0v) is 14.1. The zero-order valence-electron chi connectivity index (χ0n) is 12.5. The Morgan fingerprint density at radius 1 is 1.37 bits per heavy atom. The predicted octanol–water partition coefficient (Wildman–Crippen LogP) is 3.43. The van der Waals surface area contributed by atoms with E-state index in [4.69, 9.17) is 4.74 Å². The average molecular weight is 329 g/mol. The van der Waals surface area contributed by atoms with Gasteiger partial charge >= 0.3 is 0 Å². The Labute approximate surface area is 125 Å². The normalized spacial score (nSPS) is 15.3. The van der Waals surface area contributed by atoms with E-state index in [1.807, 2.05) is 26.2 Å². The molecular formula is C15H25BrN2O. The maximum Gasteiger partial charge on any atom is 0.0779 e. The van der Waals surface area contributed by atoms with Crippen LogP contribution in [0.5, 0.6) is 0 Å². The quantitative estimate of drug-likeness (QED) is 0.868. The lowest BCUT2D eigenvalue weighted by Gasteiger charge is -2.36. The average Bonchev–Trinajstić information content (AvgIpc) is 2.34. The van der Waals surface area contributed by atoms with E-state index < -0.39 is 0 Å². The molecule has 0 fully saturated rings. The fourth-order valence-corrected chi connectivity index (χ4v) is 2.50. The Kier molecular flexibility index (Phi) is 6.43. The van der Waals surface area contributed by atoms with Crippen LogP contribution in [0.25, 0.3) is 0 Å². The van der Waals surface area contributed by atoms with Crippen molar-refractivity contribution in [2.24, 2.45) is 5.41 Å². The highest BCUT2D eigenvalue weighted by molar-refractivity contribution is 9.10. The molecule has 1 aromatic rings. The third-order valence-electron chi connectivity index (χ3n) is 3.15. The van der Waals surface area contributed by atoms with Crippen LogP contribution in [0.1, 0.15) is 33.4 Å². The van der Waals surface area contributed by atoms with Crippen LogP contribution in [-0.2, 0) is 11.2 Å².